The zero-order chi connectivity index (χ0) is 12.7. The molecule has 1 rings (SSSR count). The highest BCUT2D eigenvalue weighted by atomic mass is 16.5. The zero-order valence-electron chi connectivity index (χ0n) is 11.1. The number of β-amino-alcohol motifs (C(OH)–C–C–N with tert-alkyl or cyclic N) is 1. The van der Waals surface area contributed by atoms with Crippen LogP contribution in [-0.4, -0.2) is 48.2 Å². The molecule has 1 unspecified atom stereocenters. The molecule has 0 heterocycles. The van der Waals surface area contributed by atoms with Crippen LogP contribution in [0.1, 0.15) is 39.5 Å². The quantitative estimate of drug-likeness (QED) is 0.624. The van der Waals surface area contributed by atoms with E-state index in [-0.39, 0.29) is 12.1 Å². The lowest BCUT2D eigenvalue weighted by molar-refractivity contribution is 0.0280. The minimum absolute atomic E-state index is 0.154. The van der Waals surface area contributed by atoms with Gasteiger partial charge in [-0.1, -0.05) is 6.92 Å². The Balaban J connectivity index is 2.31. The Hall–Kier alpha value is -0.160. The monoisotopic (exact) mass is 245 g/mol. The zero-order valence-corrected chi connectivity index (χ0v) is 11.1. The summed E-state index contributed by atoms with van der Waals surface area (Å²) in [6.07, 6.45) is 3.79. The number of ether oxygens (including phenoxy) is 1. The minimum atomic E-state index is -0.488. The molecule has 3 N–H and O–H groups in total. The predicted octanol–water partition coefficient (Wildman–Crippen LogP) is 0.915. The van der Waals surface area contributed by atoms with Crippen molar-refractivity contribution in [2.75, 3.05) is 26.4 Å². The van der Waals surface area contributed by atoms with Gasteiger partial charge in [-0.2, -0.15) is 0 Å². The first-order chi connectivity index (χ1) is 8.12. The van der Waals surface area contributed by atoms with Crippen LogP contribution in [0, 0.1) is 5.92 Å². The van der Waals surface area contributed by atoms with Crippen molar-refractivity contribution in [3.8, 4) is 0 Å². The van der Waals surface area contributed by atoms with E-state index in [9.17, 15) is 10.2 Å². The first-order valence-corrected chi connectivity index (χ1v) is 6.73. The van der Waals surface area contributed by atoms with E-state index >= 15 is 0 Å². The average molecular weight is 245 g/mol. The fourth-order valence-electron chi connectivity index (χ4n) is 2.35. The first-order valence-electron chi connectivity index (χ1n) is 6.73. The van der Waals surface area contributed by atoms with E-state index < -0.39 is 6.10 Å². The maximum Gasteiger partial charge on any atom is 0.0897 e. The number of hydrogen-bond acceptors (Lipinski definition) is 4. The number of aliphatic hydroxyl groups is 2. The topological polar surface area (TPSA) is 61.7 Å². The van der Waals surface area contributed by atoms with E-state index in [0.717, 1.165) is 31.6 Å². The molecule has 0 radical (unpaired) electrons. The highest BCUT2D eigenvalue weighted by Gasteiger charge is 2.33. The van der Waals surface area contributed by atoms with Crippen LogP contribution >= 0.6 is 0 Å². The molecule has 102 valence electrons. The second-order valence-corrected chi connectivity index (χ2v) is 5.32. The normalized spacial score (nSPS) is 31.4. The van der Waals surface area contributed by atoms with Crippen molar-refractivity contribution >= 4 is 0 Å². The minimum Gasteiger partial charge on any atom is -0.394 e. The molecule has 4 nitrogen and oxygen atoms in total. The Morgan fingerprint density at radius 3 is 2.59 bits per heavy atom. The molecule has 1 aliphatic rings. The maximum absolute atomic E-state index is 9.70. The van der Waals surface area contributed by atoms with Gasteiger partial charge in [0.1, 0.15) is 0 Å². The maximum atomic E-state index is 9.70. The molecule has 0 aromatic carbocycles. The Labute approximate surface area is 104 Å². The average Bonchev–Trinajstić information content (AvgIpc) is 2.36. The van der Waals surface area contributed by atoms with Crippen LogP contribution in [0.3, 0.4) is 0 Å². The lowest BCUT2D eigenvalue weighted by Crippen LogP contribution is -2.53. The summed E-state index contributed by atoms with van der Waals surface area (Å²) in [7, 11) is 0. The van der Waals surface area contributed by atoms with Gasteiger partial charge in [0.05, 0.1) is 19.3 Å². The van der Waals surface area contributed by atoms with E-state index in [1.807, 2.05) is 6.92 Å². The Morgan fingerprint density at radius 1 is 1.41 bits per heavy atom. The molecule has 0 saturated heterocycles. The van der Waals surface area contributed by atoms with E-state index in [0.29, 0.717) is 19.8 Å². The molecule has 0 aromatic heterocycles. The molecule has 1 atom stereocenters. The van der Waals surface area contributed by atoms with Crippen LogP contribution in [0.4, 0.5) is 0 Å². The second kappa shape index (κ2) is 7.31. The molecule has 1 fully saturated rings. The third-order valence-electron chi connectivity index (χ3n) is 3.76. The van der Waals surface area contributed by atoms with E-state index in [1.165, 1.54) is 0 Å². The molecule has 4 heteroatoms. The largest absolute Gasteiger partial charge is 0.394 e. The number of hydrogen-bond donors (Lipinski definition) is 3. The summed E-state index contributed by atoms with van der Waals surface area (Å²) in [6, 6.07) is 0. The summed E-state index contributed by atoms with van der Waals surface area (Å²) in [4.78, 5) is 0. The third-order valence-corrected chi connectivity index (χ3v) is 3.76. The van der Waals surface area contributed by atoms with Crippen LogP contribution in [-0.2, 0) is 4.74 Å². The highest BCUT2D eigenvalue weighted by molar-refractivity contribution is 4.92. The van der Waals surface area contributed by atoms with Crippen LogP contribution in [0.25, 0.3) is 0 Å². The number of rotatable bonds is 7. The molecule has 17 heavy (non-hydrogen) atoms. The number of aliphatic hydroxyl groups excluding tert-OH is 2. The summed E-state index contributed by atoms with van der Waals surface area (Å²) >= 11 is 0. The van der Waals surface area contributed by atoms with Gasteiger partial charge in [-0.25, -0.2) is 0 Å². The van der Waals surface area contributed by atoms with Crippen LogP contribution in [0.15, 0.2) is 0 Å². The van der Waals surface area contributed by atoms with Crippen molar-refractivity contribution < 1.29 is 14.9 Å². The molecular formula is C13H27NO3. The molecule has 0 amide bonds. The van der Waals surface area contributed by atoms with Gasteiger partial charge in [-0.3, -0.25) is 0 Å². The van der Waals surface area contributed by atoms with Crippen molar-refractivity contribution in [1.82, 2.24) is 5.32 Å². The predicted molar refractivity (Wildman–Crippen MR) is 68.0 cm³/mol. The van der Waals surface area contributed by atoms with Gasteiger partial charge in [0.2, 0.25) is 0 Å². The smallest absolute Gasteiger partial charge is 0.0897 e. The van der Waals surface area contributed by atoms with Crippen molar-refractivity contribution in [1.29, 1.82) is 0 Å². The summed E-state index contributed by atoms with van der Waals surface area (Å²) < 4.78 is 5.17. The fourth-order valence-corrected chi connectivity index (χ4v) is 2.35. The SMILES string of the molecule is CCOCC(O)CNC1(CO)CCC(C)CC1. The fraction of sp³-hybridized carbons (Fsp3) is 1.00. The molecular weight excluding hydrogens is 218 g/mol. The van der Waals surface area contributed by atoms with E-state index in [4.69, 9.17) is 4.74 Å². The summed E-state index contributed by atoms with van der Waals surface area (Å²) in [5.74, 6) is 0.754. The van der Waals surface area contributed by atoms with Gasteiger partial charge in [0.15, 0.2) is 0 Å². The summed E-state index contributed by atoms with van der Waals surface area (Å²) in [5.41, 5.74) is -0.181. The van der Waals surface area contributed by atoms with Crippen molar-refractivity contribution in [2.24, 2.45) is 5.92 Å². The van der Waals surface area contributed by atoms with Crippen LogP contribution in [0.2, 0.25) is 0 Å². The van der Waals surface area contributed by atoms with Crippen molar-refractivity contribution in [3.05, 3.63) is 0 Å². The van der Waals surface area contributed by atoms with E-state index in [1.54, 1.807) is 0 Å². The van der Waals surface area contributed by atoms with Gasteiger partial charge in [0, 0.05) is 18.7 Å². The number of nitrogens with one attached hydrogen (secondary N) is 1. The van der Waals surface area contributed by atoms with Gasteiger partial charge in [0.25, 0.3) is 0 Å². The molecule has 0 aromatic rings. The molecule has 1 saturated carbocycles. The third kappa shape index (κ3) is 4.92. The van der Waals surface area contributed by atoms with Crippen molar-refractivity contribution in [3.63, 3.8) is 0 Å². The lowest BCUT2D eigenvalue weighted by Gasteiger charge is -2.39. The Bertz CT molecular complexity index is 203. The molecule has 0 aliphatic heterocycles. The van der Waals surface area contributed by atoms with Crippen molar-refractivity contribution in [2.45, 2.75) is 51.2 Å². The molecule has 0 spiro atoms. The lowest BCUT2D eigenvalue weighted by atomic mass is 9.77. The summed E-state index contributed by atoms with van der Waals surface area (Å²) in [5, 5.41) is 22.6. The first kappa shape index (κ1) is 14.9. The Morgan fingerprint density at radius 2 is 2.06 bits per heavy atom. The van der Waals surface area contributed by atoms with Gasteiger partial charge < -0.3 is 20.3 Å². The molecule has 0 bridgehead atoms. The highest BCUT2D eigenvalue weighted by Crippen LogP contribution is 2.31. The second-order valence-electron chi connectivity index (χ2n) is 5.32. The van der Waals surface area contributed by atoms with Crippen LogP contribution in [0.5, 0.6) is 0 Å². The molecule has 1 aliphatic carbocycles. The van der Waals surface area contributed by atoms with Gasteiger partial charge >= 0.3 is 0 Å². The standard InChI is InChI=1S/C13H27NO3/c1-3-17-9-12(16)8-14-13(10-15)6-4-11(2)5-7-13/h11-12,14-16H,3-10H2,1-2H3. The Kier molecular flexibility index (Phi) is 6.41. The van der Waals surface area contributed by atoms with Gasteiger partial charge in [-0.05, 0) is 38.5 Å². The summed E-state index contributed by atoms with van der Waals surface area (Å²) in [6.45, 7) is 5.81. The van der Waals surface area contributed by atoms with Gasteiger partial charge in [-0.15, -0.1) is 0 Å². The van der Waals surface area contributed by atoms with Crippen LogP contribution < -0.4 is 5.32 Å². The van der Waals surface area contributed by atoms with E-state index in [2.05, 4.69) is 12.2 Å².